The average Bonchev–Trinajstić information content (AvgIpc) is 2.88. The van der Waals surface area contributed by atoms with E-state index in [9.17, 15) is 5.11 Å². The van der Waals surface area contributed by atoms with Crippen molar-refractivity contribution in [3.05, 3.63) is 22.9 Å². The summed E-state index contributed by atoms with van der Waals surface area (Å²) in [7, 11) is 0. The predicted molar refractivity (Wildman–Crippen MR) is 77.2 cm³/mol. The Morgan fingerprint density at radius 2 is 2.26 bits per heavy atom. The SMILES string of the molecule is OC1CCOCC1C1CCCN1c1cncc(Br)c1. The zero-order chi connectivity index (χ0) is 13.2. The number of rotatable bonds is 2. The Hall–Kier alpha value is -0.650. The third kappa shape index (κ3) is 2.78. The smallest absolute Gasteiger partial charge is 0.0632 e. The molecule has 0 spiro atoms. The molecule has 0 aliphatic carbocycles. The van der Waals surface area contributed by atoms with Gasteiger partial charge in [-0.15, -0.1) is 0 Å². The van der Waals surface area contributed by atoms with Gasteiger partial charge in [0.25, 0.3) is 0 Å². The van der Waals surface area contributed by atoms with Gasteiger partial charge in [-0.3, -0.25) is 4.98 Å². The van der Waals surface area contributed by atoms with Crippen molar-refractivity contribution in [2.24, 2.45) is 5.92 Å². The van der Waals surface area contributed by atoms with E-state index in [-0.39, 0.29) is 12.0 Å². The summed E-state index contributed by atoms with van der Waals surface area (Å²) >= 11 is 3.47. The van der Waals surface area contributed by atoms with Crippen LogP contribution in [0.15, 0.2) is 22.9 Å². The topological polar surface area (TPSA) is 45.6 Å². The van der Waals surface area contributed by atoms with Gasteiger partial charge in [0.1, 0.15) is 0 Å². The maximum Gasteiger partial charge on any atom is 0.0632 e. The number of hydrogen-bond donors (Lipinski definition) is 1. The standard InChI is InChI=1S/C14H19BrN2O2/c15-10-6-11(8-16-7-10)17-4-1-2-13(17)12-9-19-5-3-14(12)18/h6-8,12-14,18H,1-5,9H2. The van der Waals surface area contributed by atoms with Crippen molar-refractivity contribution in [3.8, 4) is 0 Å². The molecule has 2 fully saturated rings. The van der Waals surface area contributed by atoms with Gasteiger partial charge in [-0.2, -0.15) is 0 Å². The third-order valence-corrected chi connectivity index (χ3v) is 4.61. The van der Waals surface area contributed by atoms with Crippen LogP contribution in [0, 0.1) is 5.92 Å². The second-order valence-corrected chi connectivity index (χ2v) is 6.27. The average molecular weight is 327 g/mol. The molecule has 2 aliphatic rings. The number of halogens is 1. The van der Waals surface area contributed by atoms with Crippen LogP contribution >= 0.6 is 15.9 Å². The molecule has 0 bridgehead atoms. The van der Waals surface area contributed by atoms with E-state index in [1.165, 1.54) is 6.42 Å². The number of ether oxygens (including phenoxy) is 1. The molecular weight excluding hydrogens is 308 g/mol. The van der Waals surface area contributed by atoms with Crippen LogP contribution in [0.3, 0.4) is 0 Å². The molecule has 3 rings (SSSR count). The van der Waals surface area contributed by atoms with Crippen LogP contribution in [-0.4, -0.2) is 42.0 Å². The monoisotopic (exact) mass is 326 g/mol. The molecule has 0 radical (unpaired) electrons. The highest BCUT2D eigenvalue weighted by Gasteiger charge is 2.37. The summed E-state index contributed by atoms with van der Waals surface area (Å²) < 4.78 is 6.56. The summed E-state index contributed by atoms with van der Waals surface area (Å²) in [5.74, 6) is 0.218. The molecule has 1 aromatic heterocycles. The molecule has 0 saturated carbocycles. The van der Waals surface area contributed by atoms with Crippen LogP contribution in [0.25, 0.3) is 0 Å². The fourth-order valence-corrected chi connectivity index (χ4v) is 3.58. The van der Waals surface area contributed by atoms with Gasteiger partial charge in [0, 0.05) is 35.8 Å². The maximum atomic E-state index is 10.2. The van der Waals surface area contributed by atoms with Crippen molar-refractivity contribution in [1.82, 2.24) is 4.98 Å². The first-order valence-corrected chi connectivity index (χ1v) is 7.68. The first kappa shape index (κ1) is 13.3. The van der Waals surface area contributed by atoms with Gasteiger partial charge in [0.15, 0.2) is 0 Å². The number of anilines is 1. The maximum absolute atomic E-state index is 10.2. The zero-order valence-corrected chi connectivity index (χ0v) is 12.4. The van der Waals surface area contributed by atoms with E-state index < -0.39 is 0 Å². The number of aliphatic hydroxyl groups excluding tert-OH is 1. The van der Waals surface area contributed by atoms with Crippen molar-refractivity contribution in [1.29, 1.82) is 0 Å². The minimum atomic E-state index is -0.237. The first-order chi connectivity index (χ1) is 9.25. The molecule has 1 aromatic rings. The van der Waals surface area contributed by atoms with Gasteiger partial charge in [-0.25, -0.2) is 0 Å². The molecule has 3 atom stereocenters. The number of aliphatic hydroxyl groups is 1. The minimum absolute atomic E-state index is 0.218. The molecule has 3 heterocycles. The molecule has 5 heteroatoms. The highest BCUT2D eigenvalue weighted by molar-refractivity contribution is 9.10. The Kier molecular flexibility index (Phi) is 4.05. The Balaban J connectivity index is 1.81. The van der Waals surface area contributed by atoms with Gasteiger partial charge in [0.2, 0.25) is 0 Å². The van der Waals surface area contributed by atoms with Gasteiger partial charge >= 0.3 is 0 Å². The zero-order valence-electron chi connectivity index (χ0n) is 10.8. The Labute approximate surface area is 121 Å². The number of pyridine rings is 1. The largest absolute Gasteiger partial charge is 0.393 e. The fraction of sp³-hybridized carbons (Fsp3) is 0.643. The third-order valence-electron chi connectivity index (χ3n) is 4.18. The van der Waals surface area contributed by atoms with Crippen LogP contribution < -0.4 is 4.90 Å². The van der Waals surface area contributed by atoms with E-state index in [0.29, 0.717) is 19.3 Å². The van der Waals surface area contributed by atoms with Gasteiger partial charge in [-0.1, -0.05) is 0 Å². The lowest BCUT2D eigenvalue weighted by molar-refractivity contribution is -0.0437. The molecule has 2 saturated heterocycles. The highest BCUT2D eigenvalue weighted by atomic mass is 79.9. The molecule has 2 aliphatic heterocycles. The lowest BCUT2D eigenvalue weighted by Crippen LogP contribution is -2.46. The Bertz CT molecular complexity index is 443. The van der Waals surface area contributed by atoms with Gasteiger partial charge < -0.3 is 14.7 Å². The summed E-state index contributed by atoms with van der Waals surface area (Å²) in [4.78, 5) is 6.62. The second kappa shape index (κ2) is 5.77. The van der Waals surface area contributed by atoms with E-state index in [1.807, 2.05) is 6.20 Å². The van der Waals surface area contributed by atoms with Crippen LogP contribution in [0.4, 0.5) is 5.69 Å². The van der Waals surface area contributed by atoms with Crippen molar-refractivity contribution >= 4 is 21.6 Å². The van der Waals surface area contributed by atoms with Crippen molar-refractivity contribution in [2.45, 2.75) is 31.4 Å². The number of hydrogen-bond acceptors (Lipinski definition) is 4. The van der Waals surface area contributed by atoms with Crippen LogP contribution in [0.1, 0.15) is 19.3 Å². The highest BCUT2D eigenvalue weighted by Crippen LogP contribution is 2.33. The lowest BCUT2D eigenvalue weighted by atomic mass is 9.89. The minimum Gasteiger partial charge on any atom is -0.393 e. The number of aromatic nitrogens is 1. The molecule has 0 amide bonds. The molecule has 104 valence electrons. The van der Waals surface area contributed by atoms with Gasteiger partial charge in [0.05, 0.1) is 24.6 Å². The molecular formula is C14H19BrN2O2. The molecule has 3 unspecified atom stereocenters. The van der Waals surface area contributed by atoms with Crippen LogP contribution in [0.5, 0.6) is 0 Å². The molecule has 0 aromatic carbocycles. The van der Waals surface area contributed by atoms with Crippen LogP contribution in [-0.2, 0) is 4.74 Å². The molecule has 1 N–H and O–H groups in total. The first-order valence-electron chi connectivity index (χ1n) is 6.89. The van der Waals surface area contributed by atoms with E-state index >= 15 is 0 Å². The second-order valence-electron chi connectivity index (χ2n) is 5.36. The van der Waals surface area contributed by atoms with E-state index in [0.717, 1.165) is 29.5 Å². The Morgan fingerprint density at radius 3 is 3.05 bits per heavy atom. The van der Waals surface area contributed by atoms with E-state index in [4.69, 9.17) is 4.74 Å². The summed E-state index contributed by atoms with van der Waals surface area (Å²) in [6.45, 7) is 2.39. The predicted octanol–water partition coefficient (Wildman–Crippen LogP) is 2.21. The fourth-order valence-electron chi connectivity index (χ4n) is 3.23. The quantitative estimate of drug-likeness (QED) is 0.905. The van der Waals surface area contributed by atoms with Crippen molar-refractivity contribution in [3.63, 3.8) is 0 Å². The Morgan fingerprint density at radius 1 is 1.37 bits per heavy atom. The number of nitrogens with zero attached hydrogens (tertiary/aromatic N) is 2. The molecule has 19 heavy (non-hydrogen) atoms. The summed E-state index contributed by atoms with van der Waals surface area (Å²) in [5, 5.41) is 10.2. The molecule has 4 nitrogen and oxygen atoms in total. The summed E-state index contributed by atoms with van der Waals surface area (Å²) in [6.07, 6.45) is 6.51. The van der Waals surface area contributed by atoms with Crippen molar-refractivity contribution in [2.75, 3.05) is 24.7 Å². The van der Waals surface area contributed by atoms with Crippen LogP contribution in [0.2, 0.25) is 0 Å². The van der Waals surface area contributed by atoms with E-state index in [1.54, 1.807) is 6.20 Å². The van der Waals surface area contributed by atoms with Gasteiger partial charge in [-0.05, 0) is 41.3 Å². The van der Waals surface area contributed by atoms with Crippen molar-refractivity contribution < 1.29 is 9.84 Å². The normalized spacial score (nSPS) is 31.7. The summed E-state index contributed by atoms with van der Waals surface area (Å²) in [5.41, 5.74) is 1.13. The summed E-state index contributed by atoms with van der Waals surface area (Å²) in [6, 6.07) is 2.47. The van der Waals surface area contributed by atoms with E-state index in [2.05, 4.69) is 31.9 Å². The lowest BCUT2D eigenvalue weighted by Gasteiger charge is -2.37.